The minimum absolute atomic E-state index is 0.328. The van der Waals surface area contributed by atoms with Crippen LogP contribution in [-0.4, -0.2) is 24.5 Å². The van der Waals surface area contributed by atoms with Gasteiger partial charge in [0.15, 0.2) is 6.10 Å². The number of benzene rings is 3. The van der Waals surface area contributed by atoms with E-state index in [9.17, 15) is 9.59 Å². The lowest BCUT2D eigenvalue weighted by Crippen LogP contribution is -2.37. The highest BCUT2D eigenvalue weighted by Gasteiger charge is 2.60. The topological polar surface area (TPSA) is 59.1 Å². The fourth-order valence-corrected chi connectivity index (χ4v) is 4.57. The van der Waals surface area contributed by atoms with Crippen LogP contribution >= 0.6 is 11.6 Å². The van der Waals surface area contributed by atoms with Crippen molar-refractivity contribution >= 4 is 34.8 Å². The lowest BCUT2D eigenvalue weighted by Gasteiger charge is -2.29. The molecule has 0 bridgehead atoms. The van der Waals surface area contributed by atoms with E-state index in [1.54, 1.807) is 29.3 Å². The van der Waals surface area contributed by atoms with Gasteiger partial charge in [0.1, 0.15) is 11.7 Å². The van der Waals surface area contributed by atoms with Gasteiger partial charge in [0.25, 0.3) is 5.91 Å². The Bertz CT molecular complexity index is 1150. The Kier molecular flexibility index (Phi) is 5.33. The van der Waals surface area contributed by atoms with Gasteiger partial charge >= 0.3 is 0 Å². The van der Waals surface area contributed by atoms with E-state index in [1.807, 2.05) is 61.5 Å². The molecule has 32 heavy (non-hydrogen) atoms. The zero-order valence-corrected chi connectivity index (χ0v) is 18.1. The summed E-state index contributed by atoms with van der Waals surface area (Å²) in [5.74, 6) is -0.714. The van der Waals surface area contributed by atoms with Crippen LogP contribution in [0.15, 0.2) is 78.9 Å². The van der Waals surface area contributed by atoms with Crippen molar-refractivity contribution in [3.05, 3.63) is 89.4 Å². The monoisotopic (exact) mass is 448 g/mol. The number of hydrogen-bond acceptors (Lipinski definition) is 5. The molecule has 0 aliphatic carbocycles. The van der Waals surface area contributed by atoms with E-state index in [-0.39, 0.29) is 5.91 Å². The maximum atomic E-state index is 13.6. The molecule has 2 heterocycles. The number of nitrogens with zero attached hydrogens (tertiary/aromatic N) is 2. The number of para-hydroxylation sites is 2. The van der Waals surface area contributed by atoms with Crippen LogP contribution in [0.5, 0.6) is 5.75 Å². The summed E-state index contributed by atoms with van der Waals surface area (Å²) in [7, 11) is 0. The van der Waals surface area contributed by atoms with E-state index in [4.69, 9.17) is 21.2 Å². The van der Waals surface area contributed by atoms with Gasteiger partial charge < -0.3 is 4.74 Å². The third-order valence-electron chi connectivity index (χ3n) is 5.75. The number of imide groups is 1. The maximum absolute atomic E-state index is 13.6. The summed E-state index contributed by atoms with van der Waals surface area (Å²) in [5.41, 5.74) is 2.00. The summed E-state index contributed by atoms with van der Waals surface area (Å²) in [6.07, 6.45) is -0.935. The standard InChI is InChI=1S/C25H21ClN2O4/c1-2-31-18-14-12-16(13-15-18)22-21-23(32-28(22)17-8-4-3-5-9-17)25(30)27(24(21)29)20-11-7-6-10-19(20)26/h3-15,21-23H,2H2,1H3/t21-,22+,23+/m1/s1. The molecule has 0 saturated carbocycles. The molecule has 6 nitrogen and oxygen atoms in total. The molecule has 5 rings (SSSR count). The predicted molar refractivity (Wildman–Crippen MR) is 122 cm³/mol. The Morgan fingerprint density at radius 1 is 0.906 bits per heavy atom. The van der Waals surface area contributed by atoms with Crippen LogP contribution in [0.4, 0.5) is 11.4 Å². The first-order valence-electron chi connectivity index (χ1n) is 10.5. The number of carbonyl (C=O) groups excluding carboxylic acids is 2. The fourth-order valence-electron chi connectivity index (χ4n) is 4.35. The van der Waals surface area contributed by atoms with Crippen molar-refractivity contribution in [2.45, 2.75) is 19.1 Å². The molecule has 2 aliphatic heterocycles. The van der Waals surface area contributed by atoms with Crippen LogP contribution in [0.2, 0.25) is 5.02 Å². The second kappa shape index (κ2) is 8.30. The van der Waals surface area contributed by atoms with Gasteiger partial charge in [-0.1, -0.05) is 54.1 Å². The van der Waals surface area contributed by atoms with Gasteiger partial charge in [-0.15, -0.1) is 0 Å². The van der Waals surface area contributed by atoms with Gasteiger partial charge in [-0.05, 0) is 48.9 Å². The Morgan fingerprint density at radius 2 is 1.59 bits per heavy atom. The smallest absolute Gasteiger partial charge is 0.266 e. The van der Waals surface area contributed by atoms with Crippen LogP contribution < -0.4 is 14.7 Å². The highest BCUT2D eigenvalue weighted by Crippen LogP contribution is 2.48. The lowest BCUT2D eigenvalue weighted by atomic mass is 9.90. The quantitative estimate of drug-likeness (QED) is 0.525. The second-order valence-electron chi connectivity index (χ2n) is 7.62. The van der Waals surface area contributed by atoms with Crippen molar-refractivity contribution in [2.75, 3.05) is 16.6 Å². The van der Waals surface area contributed by atoms with Crippen LogP contribution in [0.25, 0.3) is 0 Å². The van der Waals surface area contributed by atoms with Crippen LogP contribution in [0, 0.1) is 5.92 Å². The summed E-state index contributed by atoms with van der Waals surface area (Å²) < 4.78 is 5.56. The van der Waals surface area contributed by atoms with Gasteiger partial charge in [-0.3, -0.25) is 14.4 Å². The molecule has 3 aromatic rings. The highest BCUT2D eigenvalue weighted by molar-refractivity contribution is 6.36. The number of hydroxylamine groups is 1. The average Bonchev–Trinajstić information content (AvgIpc) is 3.32. The molecule has 3 atom stereocenters. The van der Waals surface area contributed by atoms with Crippen molar-refractivity contribution < 1.29 is 19.2 Å². The molecule has 2 amide bonds. The number of rotatable bonds is 5. The number of anilines is 2. The largest absolute Gasteiger partial charge is 0.494 e. The molecule has 0 N–H and O–H groups in total. The van der Waals surface area contributed by atoms with Crippen LogP contribution in [-0.2, 0) is 14.4 Å². The normalized spacial score (nSPS) is 22.4. The number of fused-ring (bicyclic) bond motifs is 1. The SMILES string of the molecule is CCOc1ccc([C@H]2[C@H]3C(=O)N(c4ccccc4Cl)C(=O)[C@H]3ON2c2ccccc2)cc1. The summed E-state index contributed by atoms with van der Waals surface area (Å²) >= 11 is 6.31. The Hall–Kier alpha value is -3.35. The summed E-state index contributed by atoms with van der Waals surface area (Å²) in [6, 6.07) is 23.4. The number of ether oxygens (including phenoxy) is 1. The summed E-state index contributed by atoms with van der Waals surface area (Å²) in [6.45, 7) is 2.49. The van der Waals surface area contributed by atoms with Gasteiger partial charge in [0, 0.05) is 0 Å². The lowest BCUT2D eigenvalue weighted by molar-refractivity contribution is -0.126. The summed E-state index contributed by atoms with van der Waals surface area (Å²) in [5, 5.41) is 2.01. The van der Waals surface area contributed by atoms with Crippen LogP contribution in [0.3, 0.4) is 0 Å². The third kappa shape index (κ3) is 3.32. The molecule has 2 fully saturated rings. The number of amides is 2. The van der Waals surface area contributed by atoms with E-state index in [2.05, 4.69) is 0 Å². The number of carbonyl (C=O) groups is 2. The van der Waals surface area contributed by atoms with Crippen molar-refractivity contribution in [1.29, 1.82) is 0 Å². The van der Waals surface area contributed by atoms with Crippen molar-refractivity contribution in [2.24, 2.45) is 5.92 Å². The van der Waals surface area contributed by atoms with E-state index < -0.39 is 24.0 Å². The van der Waals surface area contributed by atoms with Gasteiger partial charge in [0.2, 0.25) is 5.91 Å². The minimum Gasteiger partial charge on any atom is -0.494 e. The first-order valence-corrected chi connectivity index (χ1v) is 10.8. The average molecular weight is 449 g/mol. The Balaban J connectivity index is 1.57. The maximum Gasteiger partial charge on any atom is 0.266 e. The first kappa shape index (κ1) is 20.5. The molecule has 0 aromatic heterocycles. The molecular formula is C25H21ClN2O4. The zero-order chi connectivity index (χ0) is 22.2. The van der Waals surface area contributed by atoms with E-state index in [0.29, 0.717) is 17.3 Å². The van der Waals surface area contributed by atoms with Gasteiger partial charge in [0.05, 0.1) is 29.0 Å². The van der Waals surface area contributed by atoms with E-state index in [1.165, 1.54) is 0 Å². The molecule has 0 unspecified atom stereocenters. The van der Waals surface area contributed by atoms with Crippen molar-refractivity contribution in [3.63, 3.8) is 0 Å². The molecule has 162 valence electrons. The van der Waals surface area contributed by atoms with E-state index in [0.717, 1.165) is 21.9 Å². The zero-order valence-electron chi connectivity index (χ0n) is 17.4. The molecule has 0 spiro atoms. The number of halogens is 1. The summed E-state index contributed by atoms with van der Waals surface area (Å²) in [4.78, 5) is 34.2. The highest BCUT2D eigenvalue weighted by atomic mass is 35.5. The Morgan fingerprint density at radius 3 is 2.28 bits per heavy atom. The minimum atomic E-state index is -0.935. The first-order chi connectivity index (χ1) is 15.6. The molecular weight excluding hydrogens is 428 g/mol. The molecule has 3 aromatic carbocycles. The second-order valence-corrected chi connectivity index (χ2v) is 8.03. The molecule has 0 radical (unpaired) electrons. The van der Waals surface area contributed by atoms with Crippen molar-refractivity contribution in [3.8, 4) is 5.75 Å². The number of hydrogen-bond donors (Lipinski definition) is 0. The third-order valence-corrected chi connectivity index (χ3v) is 6.07. The molecule has 2 aliphatic rings. The van der Waals surface area contributed by atoms with Gasteiger partial charge in [-0.25, -0.2) is 9.96 Å². The Labute approximate surface area is 190 Å². The van der Waals surface area contributed by atoms with Crippen LogP contribution in [0.1, 0.15) is 18.5 Å². The predicted octanol–water partition coefficient (Wildman–Crippen LogP) is 4.79. The molecule has 7 heteroatoms. The van der Waals surface area contributed by atoms with Gasteiger partial charge in [-0.2, -0.15) is 0 Å². The van der Waals surface area contributed by atoms with Crippen molar-refractivity contribution in [1.82, 2.24) is 0 Å². The fraction of sp³-hybridized carbons (Fsp3) is 0.200. The molecule has 2 saturated heterocycles. The van der Waals surface area contributed by atoms with E-state index >= 15 is 0 Å².